The summed E-state index contributed by atoms with van der Waals surface area (Å²) in [6, 6.07) is 12.6. The number of hydrogen-bond donors (Lipinski definition) is 2. The van der Waals surface area contributed by atoms with Crippen LogP contribution in [-0.2, 0) is 10.0 Å². The van der Waals surface area contributed by atoms with E-state index in [0.29, 0.717) is 16.3 Å². The molecule has 0 unspecified atom stereocenters. The average Bonchev–Trinajstić information content (AvgIpc) is 3.07. The van der Waals surface area contributed by atoms with E-state index in [4.69, 9.17) is 11.6 Å². The molecule has 1 aliphatic rings. The van der Waals surface area contributed by atoms with Gasteiger partial charge in [-0.05, 0) is 55.3 Å². The average molecular weight is 379 g/mol. The van der Waals surface area contributed by atoms with Crippen LogP contribution in [0.4, 0.5) is 5.69 Å². The molecule has 2 aromatic carbocycles. The smallest absolute Gasteiger partial charge is 0.261 e. The summed E-state index contributed by atoms with van der Waals surface area (Å²) in [7, 11) is -3.74. The molecule has 2 aromatic rings. The molecule has 0 aliphatic heterocycles. The molecule has 0 heterocycles. The molecule has 7 heteroatoms. The highest BCUT2D eigenvalue weighted by Crippen LogP contribution is 2.21. The molecule has 1 saturated carbocycles. The molecule has 25 heavy (non-hydrogen) atoms. The molecule has 0 spiro atoms. The fourth-order valence-electron chi connectivity index (χ4n) is 2.89. The summed E-state index contributed by atoms with van der Waals surface area (Å²) in [6.07, 6.45) is 4.28. The number of anilines is 1. The van der Waals surface area contributed by atoms with Gasteiger partial charge in [0, 0.05) is 16.6 Å². The SMILES string of the molecule is O=C(NC1CCCC1)c1ccc(S(=O)(=O)Nc2cccc(Cl)c2)cc1. The first-order chi connectivity index (χ1) is 11.9. The van der Waals surface area contributed by atoms with E-state index in [-0.39, 0.29) is 16.8 Å². The van der Waals surface area contributed by atoms with Crippen LogP contribution in [0.15, 0.2) is 53.4 Å². The fourth-order valence-corrected chi connectivity index (χ4v) is 4.13. The third-order valence-corrected chi connectivity index (χ3v) is 5.83. The zero-order valence-electron chi connectivity index (χ0n) is 13.5. The van der Waals surface area contributed by atoms with Gasteiger partial charge in [0.05, 0.1) is 10.6 Å². The van der Waals surface area contributed by atoms with Crippen molar-refractivity contribution in [2.45, 2.75) is 36.6 Å². The Bertz CT molecular complexity index is 860. The van der Waals surface area contributed by atoms with Gasteiger partial charge in [-0.2, -0.15) is 0 Å². The van der Waals surface area contributed by atoms with Gasteiger partial charge in [-0.15, -0.1) is 0 Å². The summed E-state index contributed by atoms with van der Waals surface area (Å²) >= 11 is 5.87. The van der Waals surface area contributed by atoms with Crippen molar-refractivity contribution in [3.05, 3.63) is 59.1 Å². The van der Waals surface area contributed by atoms with Gasteiger partial charge in [-0.3, -0.25) is 9.52 Å². The van der Waals surface area contributed by atoms with Gasteiger partial charge in [0.25, 0.3) is 15.9 Å². The van der Waals surface area contributed by atoms with Crippen LogP contribution in [0.5, 0.6) is 0 Å². The first-order valence-corrected chi connectivity index (χ1v) is 9.99. The highest BCUT2D eigenvalue weighted by molar-refractivity contribution is 7.92. The van der Waals surface area contributed by atoms with Crippen LogP contribution in [0.3, 0.4) is 0 Å². The maximum Gasteiger partial charge on any atom is 0.261 e. The second-order valence-corrected chi connectivity index (χ2v) is 8.21. The first-order valence-electron chi connectivity index (χ1n) is 8.13. The van der Waals surface area contributed by atoms with E-state index in [1.54, 1.807) is 18.2 Å². The van der Waals surface area contributed by atoms with Gasteiger partial charge in [-0.1, -0.05) is 30.5 Å². The zero-order valence-corrected chi connectivity index (χ0v) is 15.1. The van der Waals surface area contributed by atoms with Crippen LogP contribution in [-0.4, -0.2) is 20.4 Å². The summed E-state index contributed by atoms with van der Waals surface area (Å²) in [4.78, 5) is 12.3. The quantitative estimate of drug-likeness (QED) is 0.830. The van der Waals surface area contributed by atoms with Gasteiger partial charge in [-0.25, -0.2) is 8.42 Å². The normalized spacial score (nSPS) is 15.1. The van der Waals surface area contributed by atoms with Crippen molar-refractivity contribution in [3.63, 3.8) is 0 Å². The molecule has 0 radical (unpaired) electrons. The Labute approximate surface area is 152 Å². The molecule has 0 bridgehead atoms. The van der Waals surface area contributed by atoms with E-state index in [1.807, 2.05) is 0 Å². The molecule has 2 N–H and O–H groups in total. The van der Waals surface area contributed by atoms with Crippen LogP contribution in [0.1, 0.15) is 36.0 Å². The minimum Gasteiger partial charge on any atom is -0.349 e. The summed E-state index contributed by atoms with van der Waals surface area (Å²) < 4.78 is 27.3. The molecule has 132 valence electrons. The third kappa shape index (κ3) is 4.52. The molecule has 5 nitrogen and oxygen atoms in total. The van der Waals surface area contributed by atoms with Crippen molar-refractivity contribution in [1.29, 1.82) is 0 Å². The molecule has 0 saturated heterocycles. The summed E-state index contributed by atoms with van der Waals surface area (Å²) in [5.74, 6) is -0.168. The number of amides is 1. The van der Waals surface area contributed by atoms with E-state index in [9.17, 15) is 13.2 Å². The maximum atomic E-state index is 12.4. The Hall–Kier alpha value is -2.05. The van der Waals surface area contributed by atoms with E-state index in [2.05, 4.69) is 10.0 Å². The van der Waals surface area contributed by atoms with E-state index >= 15 is 0 Å². The van der Waals surface area contributed by atoms with Crippen molar-refractivity contribution in [2.75, 3.05) is 4.72 Å². The van der Waals surface area contributed by atoms with Crippen LogP contribution in [0.25, 0.3) is 0 Å². The topological polar surface area (TPSA) is 75.3 Å². The number of halogens is 1. The van der Waals surface area contributed by atoms with Crippen molar-refractivity contribution in [1.82, 2.24) is 5.32 Å². The van der Waals surface area contributed by atoms with Crippen molar-refractivity contribution < 1.29 is 13.2 Å². The monoisotopic (exact) mass is 378 g/mol. The number of carbonyl (C=O) groups excluding carboxylic acids is 1. The van der Waals surface area contributed by atoms with Crippen LogP contribution >= 0.6 is 11.6 Å². The number of benzene rings is 2. The predicted octanol–water partition coefficient (Wildman–Crippen LogP) is 3.81. The van der Waals surface area contributed by atoms with Crippen LogP contribution in [0, 0.1) is 0 Å². The zero-order chi connectivity index (χ0) is 17.9. The second-order valence-electron chi connectivity index (χ2n) is 6.10. The Morgan fingerprint density at radius 2 is 1.72 bits per heavy atom. The number of hydrogen-bond acceptors (Lipinski definition) is 3. The number of rotatable bonds is 5. The minimum absolute atomic E-state index is 0.0879. The number of sulfonamides is 1. The lowest BCUT2D eigenvalue weighted by Crippen LogP contribution is -2.32. The van der Waals surface area contributed by atoms with Gasteiger partial charge in [0.2, 0.25) is 0 Å². The molecule has 1 aliphatic carbocycles. The lowest BCUT2D eigenvalue weighted by molar-refractivity contribution is 0.0938. The first kappa shape index (κ1) is 17.8. The van der Waals surface area contributed by atoms with Gasteiger partial charge in [0.1, 0.15) is 0 Å². The van der Waals surface area contributed by atoms with Gasteiger partial charge >= 0.3 is 0 Å². The molecular weight excluding hydrogens is 360 g/mol. The van der Waals surface area contributed by atoms with Crippen LogP contribution < -0.4 is 10.0 Å². The lowest BCUT2D eigenvalue weighted by Gasteiger charge is -2.12. The highest BCUT2D eigenvalue weighted by atomic mass is 35.5. The summed E-state index contributed by atoms with van der Waals surface area (Å²) in [6.45, 7) is 0. The molecule has 0 atom stereocenters. The standard InChI is InChI=1S/C18H19ClN2O3S/c19-14-4-3-7-16(12-14)21-25(23,24)17-10-8-13(9-11-17)18(22)20-15-5-1-2-6-15/h3-4,7-12,15,21H,1-2,5-6H2,(H,20,22). The van der Waals surface area contributed by atoms with Gasteiger partial charge in [0.15, 0.2) is 0 Å². The lowest BCUT2D eigenvalue weighted by atomic mass is 10.2. The Morgan fingerprint density at radius 1 is 1.04 bits per heavy atom. The second kappa shape index (κ2) is 7.45. The molecular formula is C18H19ClN2O3S. The highest BCUT2D eigenvalue weighted by Gasteiger charge is 2.19. The largest absolute Gasteiger partial charge is 0.349 e. The summed E-state index contributed by atoms with van der Waals surface area (Å²) in [5, 5.41) is 3.42. The molecule has 0 aromatic heterocycles. The number of carbonyl (C=O) groups is 1. The molecule has 1 fully saturated rings. The predicted molar refractivity (Wildman–Crippen MR) is 98.4 cm³/mol. The van der Waals surface area contributed by atoms with Gasteiger partial charge < -0.3 is 5.32 Å². The maximum absolute atomic E-state index is 12.4. The Morgan fingerprint density at radius 3 is 2.36 bits per heavy atom. The van der Waals surface area contributed by atoms with E-state index in [1.165, 1.54) is 30.3 Å². The molecule has 3 rings (SSSR count). The van der Waals surface area contributed by atoms with Crippen molar-refractivity contribution in [3.8, 4) is 0 Å². The minimum atomic E-state index is -3.74. The Kier molecular flexibility index (Phi) is 5.30. The fraction of sp³-hybridized carbons (Fsp3) is 0.278. The molecule has 1 amide bonds. The number of nitrogens with one attached hydrogen (secondary N) is 2. The Balaban J connectivity index is 1.71. The van der Waals surface area contributed by atoms with E-state index < -0.39 is 10.0 Å². The third-order valence-electron chi connectivity index (χ3n) is 4.19. The van der Waals surface area contributed by atoms with E-state index in [0.717, 1.165) is 25.7 Å². The summed E-state index contributed by atoms with van der Waals surface area (Å²) in [5.41, 5.74) is 0.837. The van der Waals surface area contributed by atoms with Crippen LogP contribution in [0.2, 0.25) is 5.02 Å². The van der Waals surface area contributed by atoms with Crippen molar-refractivity contribution in [2.24, 2.45) is 0 Å². The van der Waals surface area contributed by atoms with Crippen molar-refractivity contribution >= 4 is 33.2 Å².